The number of carbonyl (C=O) groups excluding carboxylic acids is 2. The Bertz CT molecular complexity index is 470. The standard InChI is InChI=1S/C14H21N3O2/c1-9-6-5-7-10(15)12(9)13(19)16-8-11(18)17-14(2,3)4/h5-7H,8,15H2,1-4H3,(H,16,19)(H,17,18). The maximum Gasteiger partial charge on any atom is 0.254 e. The minimum absolute atomic E-state index is 0.0656. The molecule has 2 amide bonds. The number of benzene rings is 1. The molecule has 5 heteroatoms. The van der Waals surface area contributed by atoms with Crippen molar-refractivity contribution < 1.29 is 9.59 Å². The van der Waals surface area contributed by atoms with Crippen molar-refractivity contribution in [2.24, 2.45) is 0 Å². The van der Waals surface area contributed by atoms with E-state index in [1.54, 1.807) is 25.1 Å². The zero-order valence-electron chi connectivity index (χ0n) is 11.8. The van der Waals surface area contributed by atoms with Gasteiger partial charge < -0.3 is 16.4 Å². The molecule has 0 bridgehead atoms. The molecule has 104 valence electrons. The fourth-order valence-electron chi connectivity index (χ4n) is 1.71. The van der Waals surface area contributed by atoms with Gasteiger partial charge in [-0.15, -0.1) is 0 Å². The molecule has 0 aliphatic carbocycles. The van der Waals surface area contributed by atoms with Crippen LogP contribution in [0.3, 0.4) is 0 Å². The van der Waals surface area contributed by atoms with Gasteiger partial charge in [-0.25, -0.2) is 0 Å². The molecule has 1 rings (SSSR count). The highest BCUT2D eigenvalue weighted by Crippen LogP contribution is 2.15. The molecular weight excluding hydrogens is 242 g/mol. The Balaban J connectivity index is 2.64. The van der Waals surface area contributed by atoms with Gasteiger partial charge in [0, 0.05) is 11.2 Å². The molecule has 0 saturated carbocycles. The van der Waals surface area contributed by atoms with E-state index in [0.717, 1.165) is 5.56 Å². The number of carbonyl (C=O) groups is 2. The van der Waals surface area contributed by atoms with E-state index in [2.05, 4.69) is 10.6 Å². The first-order chi connectivity index (χ1) is 8.70. The van der Waals surface area contributed by atoms with Crippen LogP contribution in [-0.4, -0.2) is 23.9 Å². The molecular formula is C14H21N3O2. The van der Waals surface area contributed by atoms with Crippen LogP contribution in [0.1, 0.15) is 36.7 Å². The Morgan fingerprint density at radius 1 is 1.26 bits per heavy atom. The van der Waals surface area contributed by atoms with Gasteiger partial charge in [-0.1, -0.05) is 12.1 Å². The number of nitrogens with two attached hydrogens (primary N) is 1. The highest BCUT2D eigenvalue weighted by atomic mass is 16.2. The SMILES string of the molecule is Cc1cccc(N)c1C(=O)NCC(=O)NC(C)(C)C. The van der Waals surface area contributed by atoms with E-state index in [-0.39, 0.29) is 23.9 Å². The normalized spacial score (nSPS) is 10.9. The number of rotatable bonds is 3. The fourth-order valence-corrected chi connectivity index (χ4v) is 1.71. The van der Waals surface area contributed by atoms with Gasteiger partial charge in [-0.3, -0.25) is 9.59 Å². The second-order valence-corrected chi connectivity index (χ2v) is 5.52. The lowest BCUT2D eigenvalue weighted by atomic mass is 10.1. The Kier molecular flexibility index (Phi) is 4.53. The second-order valence-electron chi connectivity index (χ2n) is 5.52. The van der Waals surface area contributed by atoms with Gasteiger partial charge >= 0.3 is 0 Å². The summed E-state index contributed by atoms with van der Waals surface area (Å²) >= 11 is 0. The average molecular weight is 263 g/mol. The van der Waals surface area contributed by atoms with Crippen molar-refractivity contribution in [2.75, 3.05) is 12.3 Å². The van der Waals surface area contributed by atoms with E-state index >= 15 is 0 Å². The molecule has 1 aromatic rings. The molecule has 0 saturated heterocycles. The second kappa shape index (κ2) is 5.73. The lowest BCUT2D eigenvalue weighted by Gasteiger charge is -2.20. The van der Waals surface area contributed by atoms with Gasteiger partial charge in [0.1, 0.15) is 0 Å². The van der Waals surface area contributed by atoms with Crippen LogP contribution in [0, 0.1) is 6.92 Å². The third kappa shape index (κ3) is 4.62. The smallest absolute Gasteiger partial charge is 0.254 e. The Morgan fingerprint density at radius 2 is 1.89 bits per heavy atom. The molecule has 0 aliphatic rings. The molecule has 0 fully saturated rings. The summed E-state index contributed by atoms with van der Waals surface area (Å²) in [4.78, 5) is 23.6. The minimum Gasteiger partial charge on any atom is -0.398 e. The van der Waals surface area contributed by atoms with E-state index in [1.165, 1.54) is 0 Å². The fraction of sp³-hybridized carbons (Fsp3) is 0.429. The zero-order valence-corrected chi connectivity index (χ0v) is 11.8. The number of hydrogen-bond acceptors (Lipinski definition) is 3. The zero-order chi connectivity index (χ0) is 14.6. The number of anilines is 1. The van der Waals surface area contributed by atoms with Gasteiger partial charge in [-0.2, -0.15) is 0 Å². The average Bonchev–Trinajstić information content (AvgIpc) is 2.23. The predicted octanol–water partition coefficient (Wildman–Crippen LogP) is 1.22. The Morgan fingerprint density at radius 3 is 2.42 bits per heavy atom. The van der Waals surface area contributed by atoms with Crippen LogP contribution in [0.25, 0.3) is 0 Å². The molecule has 0 aliphatic heterocycles. The van der Waals surface area contributed by atoms with E-state index in [0.29, 0.717) is 11.3 Å². The first-order valence-corrected chi connectivity index (χ1v) is 6.15. The van der Waals surface area contributed by atoms with Crippen LogP contribution in [0.15, 0.2) is 18.2 Å². The number of amides is 2. The summed E-state index contributed by atoms with van der Waals surface area (Å²) in [5.41, 5.74) is 7.07. The molecule has 0 atom stereocenters. The molecule has 4 N–H and O–H groups in total. The molecule has 0 radical (unpaired) electrons. The lowest BCUT2D eigenvalue weighted by molar-refractivity contribution is -0.121. The maximum atomic E-state index is 12.0. The first kappa shape index (κ1) is 15.0. The largest absolute Gasteiger partial charge is 0.398 e. The first-order valence-electron chi connectivity index (χ1n) is 6.15. The van der Waals surface area contributed by atoms with E-state index < -0.39 is 0 Å². The lowest BCUT2D eigenvalue weighted by Crippen LogP contribution is -2.46. The quantitative estimate of drug-likeness (QED) is 0.717. The maximum absolute atomic E-state index is 12.0. The highest BCUT2D eigenvalue weighted by Gasteiger charge is 2.16. The van der Waals surface area contributed by atoms with E-state index in [4.69, 9.17) is 5.73 Å². The molecule has 0 aromatic heterocycles. The number of aryl methyl sites for hydroxylation is 1. The topological polar surface area (TPSA) is 84.2 Å². The van der Waals surface area contributed by atoms with Crippen molar-refractivity contribution in [2.45, 2.75) is 33.2 Å². The third-order valence-electron chi connectivity index (χ3n) is 2.46. The van der Waals surface area contributed by atoms with Crippen LogP contribution >= 0.6 is 0 Å². The van der Waals surface area contributed by atoms with Crippen LogP contribution in [0.2, 0.25) is 0 Å². The molecule has 0 spiro atoms. The van der Waals surface area contributed by atoms with Gasteiger partial charge in [0.05, 0.1) is 12.1 Å². The Labute approximate surface area is 113 Å². The van der Waals surface area contributed by atoms with Gasteiger partial charge in [0.15, 0.2) is 0 Å². The van der Waals surface area contributed by atoms with Crippen molar-refractivity contribution in [3.63, 3.8) is 0 Å². The summed E-state index contributed by atoms with van der Waals surface area (Å²) in [6.45, 7) is 7.38. The minimum atomic E-state index is -0.334. The third-order valence-corrected chi connectivity index (χ3v) is 2.46. The monoisotopic (exact) mass is 263 g/mol. The summed E-state index contributed by atoms with van der Waals surface area (Å²) in [5.74, 6) is -0.562. The number of hydrogen-bond donors (Lipinski definition) is 3. The van der Waals surface area contributed by atoms with Crippen LogP contribution < -0.4 is 16.4 Å². The van der Waals surface area contributed by atoms with E-state index in [9.17, 15) is 9.59 Å². The van der Waals surface area contributed by atoms with Gasteiger partial charge in [-0.05, 0) is 39.3 Å². The summed E-state index contributed by atoms with van der Waals surface area (Å²) in [6, 6.07) is 5.26. The highest BCUT2D eigenvalue weighted by molar-refractivity contribution is 6.01. The summed E-state index contributed by atoms with van der Waals surface area (Å²) in [5, 5.41) is 5.34. The van der Waals surface area contributed by atoms with Crippen LogP contribution in [-0.2, 0) is 4.79 Å². The van der Waals surface area contributed by atoms with Crippen molar-refractivity contribution >= 4 is 17.5 Å². The number of nitrogen functional groups attached to an aromatic ring is 1. The summed E-state index contributed by atoms with van der Waals surface area (Å²) in [6.07, 6.45) is 0. The summed E-state index contributed by atoms with van der Waals surface area (Å²) < 4.78 is 0. The van der Waals surface area contributed by atoms with Crippen molar-refractivity contribution in [3.8, 4) is 0 Å². The molecule has 19 heavy (non-hydrogen) atoms. The van der Waals surface area contributed by atoms with Crippen molar-refractivity contribution in [1.82, 2.24) is 10.6 Å². The molecule has 0 heterocycles. The van der Waals surface area contributed by atoms with Crippen LogP contribution in [0.5, 0.6) is 0 Å². The van der Waals surface area contributed by atoms with E-state index in [1.807, 2.05) is 20.8 Å². The molecule has 1 aromatic carbocycles. The van der Waals surface area contributed by atoms with Crippen molar-refractivity contribution in [1.29, 1.82) is 0 Å². The molecule has 0 unspecified atom stereocenters. The van der Waals surface area contributed by atoms with Gasteiger partial charge in [0.25, 0.3) is 5.91 Å². The summed E-state index contributed by atoms with van der Waals surface area (Å²) in [7, 11) is 0. The van der Waals surface area contributed by atoms with Gasteiger partial charge in [0.2, 0.25) is 5.91 Å². The predicted molar refractivity (Wildman–Crippen MR) is 75.8 cm³/mol. The van der Waals surface area contributed by atoms with Crippen molar-refractivity contribution in [3.05, 3.63) is 29.3 Å². The molecule has 5 nitrogen and oxygen atoms in total. The van der Waals surface area contributed by atoms with Crippen LogP contribution in [0.4, 0.5) is 5.69 Å². The number of nitrogens with one attached hydrogen (secondary N) is 2. The Hall–Kier alpha value is -2.04.